The summed E-state index contributed by atoms with van der Waals surface area (Å²) < 4.78 is 9.89. The summed E-state index contributed by atoms with van der Waals surface area (Å²) in [5.74, 6) is 1.50. The van der Waals surface area contributed by atoms with Crippen LogP contribution in [-0.2, 0) is 4.79 Å². The molecule has 0 saturated carbocycles. The summed E-state index contributed by atoms with van der Waals surface area (Å²) in [5.41, 5.74) is 6.88. The van der Waals surface area contributed by atoms with Gasteiger partial charge in [0.15, 0.2) is 4.34 Å². The maximum absolute atomic E-state index is 11.8. The van der Waals surface area contributed by atoms with Gasteiger partial charge < -0.3 is 15.8 Å². The first kappa shape index (κ1) is 14.6. The van der Waals surface area contributed by atoms with E-state index in [9.17, 15) is 4.79 Å². The van der Waals surface area contributed by atoms with E-state index in [1.807, 2.05) is 6.92 Å². The molecule has 0 aliphatic heterocycles. The zero-order valence-electron chi connectivity index (χ0n) is 11.0. The van der Waals surface area contributed by atoms with Crippen molar-refractivity contribution in [2.45, 2.75) is 11.3 Å². The molecule has 1 aromatic carbocycles. The van der Waals surface area contributed by atoms with Crippen LogP contribution in [-0.4, -0.2) is 28.1 Å². The SMILES string of the molecule is COc1ccc(NC(=O)CSc2nc(C)ns2)c(N)c1. The predicted molar refractivity (Wildman–Crippen MR) is 81.4 cm³/mol. The second kappa shape index (κ2) is 6.58. The van der Waals surface area contributed by atoms with Gasteiger partial charge in [-0.25, -0.2) is 4.98 Å². The summed E-state index contributed by atoms with van der Waals surface area (Å²) in [6.07, 6.45) is 0. The molecular weight excluding hydrogens is 296 g/mol. The van der Waals surface area contributed by atoms with Crippen LogP contribution in [0.3, 0.4) is 0 Å². The molecular formula is C12H14N4O2S2. The van der Waals surface area contributed by atoms with Crippen molar-refractivity contribution in [2.75, 3.05) is 23.9 Å². The van der Waals surface area contributed by atoms with Gasteiger partial charge in [0.25, 0.3) is 0 Å². The van der Waals surface area contributed by atoms with Crippen LogP contribution in [0.2, 0.25) is 0 Å². The average molecular weight is 310 g/mol. The molecule has 0 radical (unpaired) electrons. The number of benzene rings is 1. The fraction of sp³-hybridized carbons (Fsp3) is 0.250. The molecule has 6 nitrogen and oxygen atoms in total. The van der Waals surface area contributed by atoms with E-state index in [-0.39, 0.29) is 11.7 Å². The summed E-state index contributed by atoms with van der Waals surface area (Å²) >= 11 is 2.64. The standard InChI is InChI=1S/C12H14N4O2S2/c1-7-14-12(20-16-7)19-6-11(17)15-10-4-3-8(18-2)5-9(10)13/h3-5H,6,13H2,1-2H3,(H,15,17). The number of aryl methyl sites for hydroxylation is 1. The van der Waals surface area contributed by atoms with E-state index in [0.29, 0.717) is 17.1 Å². The number of nitrogens with two attached hydrogens (primary N) is 1. The summed E-state index contributed by atoms with van der Waals surface area (Å²) in [7, 11) is 1.56. The number of carbonyl (C=O) groups excluding carboxylic acids is 1. The van der Waals surface area contributed by atoms with Crippen LogP contribution in [0, 0.1) is 6.92 Å². The molecule has 2 rings (SSSR count). The predicted octanol–water partition coefficient (Wildman–Crippen LogP) is 2.17. The Hall–Kier alpha value is -1.80. The van der Waals surface area contributed by atoms with Gasteiger partial charge in [0.2, 0.25) is 5.91 Å². The van der Waals surface area contributed by atoms with E-state index >= 15 is 0 Å². The van der Waals surface area contributed by atoms with Crippen molar-refractivity contribution in [3.8, 4) is 5.75 Å². The first-order valence-electron chi connectivity index (χ1n) is 5.75. The molecule has 20 heavy (non-hydrogen) atoms. The number of amides is 1. The van der Waals surface area contributed by atoms with Crippen LogP contribution in [0.15, 0.2) is 22.5 Å². The number of hydrogen-bond acceptors (Lipinski definition) is 7. The topological polar surface area (TPSA) is 90.1 Å². The van der Waals surface area contributed by atoms with Crippen LogP contribution in [0.25, 0.3) is 0 Å². The fourth-order valence-corrected chi connectivity index (χ4v) is 2.88. The summed E-state index contributed by atoms with van der Waals surface area (Å²) in [6.45, 7) is 1.82. The molecule has 0 unspecified atom stereocenters. The number of anilines is 2. The molecule has 106 valence electrons. The zero-order valence-corrected chi connectivity index (χ0v) is 12.7. The minimum absolute atomic E-state index is 0.139. The number of nitrogens with one attached hydrogen (secondary N) is 1. The number of aromatic nitrogens is 2. The number of ether oxygens (including phenoxy) is 1. The van der Waals surface area contributed by atoms with Crippen molar-refractivity contribution in [3.05, 3.63) is 24.0 Å². The number of thioether (sulfide) groups is 1. The second-order valence-electron chi connectivity index (χ2n) is 3.90. The molecule has 0 fully saturated rings. The lowest BCUT2D eigenvalue weighted by atomic mass is 10.2. The molecule has 8 heteroatoms. The van der Waals surface area contributed by atoms with Crippen molar-refractivity contribution in [3.63, 3.8) is 0 Å². The highest BCUT2D eigenvalue weighted by molar-refractivity contribution is 8.01. The molecule has 1 amide bonds. The lowest BCUT2D eigenvalue weighted by molar-refractivity contribution is -0.113. The number of carbonyl (C=O) groups is 1. The van der Waals surface area contributed by atoms with E-state index in [1.165, 1.54) is 23.3 Å². The maximum Gasteiger partial charge on any atom is 0.234 e. The summed E-state index contributed by atoms with van der Waals surface area (Å²) in [5, 5.41) is 2.75. The average Bonchev–Trinajstić information content (AvgIpc) is 2.84. The Kier molecular flexibility index (Phi) is 4.80. The van der Waals surface area contributed by atoms with Crippen molar-refractivity contribution in [1.82, 2.24) is 9.36 Å². The third kappa shape index (κ3) is 3.84. The number of hydrogen-bond donors (Lipinski definition) is 2. The summed E-state index contributed by atoms with van der Waals surface area (Å²) in [6, 6.07) is 5.12. The van der Waals surface area contributed by atoms with Crippen LogP contribution >= 0.6 is 23.3 Å². The highest BCUT2D eigenvalue weighted by atomic mass is 32.2. The quantitative estimate of drug-likeness (QED) is 0.650. The van der Waals surface area contributed by atoms with Gasteiger partial charge in [0.1, 0.15) is 11.6 Å². The normalized spacial score (nSPS) is 10.3. The Morgan fingerprint density at radius 1 is 1.55 bits per heavy atom. The Bertz CT molecular complexity index is 615. The number of nitrogens with zero attached hydrogens (tertiary/aromatic N) is 2. The van der Waals surface area contributed by atoms with Gasteiger partial charge in [-0.15, -0.1) is 0 Å². The van der Waals surface area contributed by atoms with E-state index < -0.39 is 0 Å². The van der Waals surface area contributed by atoms with E-state index in [4.69, 9.17) is 10.5 Å². The van der Waals surface area contributed by atoms with E-state index in [1.54, 1.807) is 25.3 Å². The van der Waals surface area contributed by atoms with Gasteiger partial charge >= 0.3 is 0 Å². The fourth-order valence-electron chi connectivity index (χ4n) is 1.43. The van der Waals surface area contributed by atoms with E-state index in [0.717, 1.165) is 10.2 Å². The van der Waals surface area contributed by atoms with Gasteiger partial charge in [-0.3, -0.25) is 4.79 Å². The van der Waals surface area contributed by atoms with Crippen molar-refractivity contribution in [2.24, 2.45) is 0 Å². The van der Waals surface area contributed by atoms with Crippen molar-refractivity contribution >= 4 is 40.6 Å². The third-order valence-electron chi connectivity index (χ3n) is 2.37. The first-order chi connectivity index (χ1) is 9.58. The molecule has 1 aromatic heterocycles. The first-order valence-corrected chi connectivity index (χ1v) is 7.51. The van der Waals surface area contributed by atoms with Crippen molar-refractivity contribution in [1.29, 1.82) is 0 Å². The lowest BCUT2D eigenvalue weighted by Crippen LogP contribution is -2.15. The Labute approximate surface area is 124 Å². The van der Waals surface area contributed by atoms with Gasteiger partial charge in [0.05, 0.1) is 24.2 Å². The van der Waals surface area contributed by atoms with Gasteiger partial charge in [0, 0.05) is 6.07 Å². The zero-order chi connectivity index (χ0) is 14.5. The Morgan fingerprint density at radius 3 is 2.95 bits per heavy atom. The number of methoxy groups -OCH3 is 1. The Balaban J connectivity index is 1.91. The largest absolute Gasteiger partial charge is 0.497 e. The van der Waals surface area contributed by atoms with Crippen LogP contribution in [0.5, 0.6) is 5.75 Å². The molecule has 3 N–H and O–H groups in total. The smallest absolute Gasteiger partial charge is 0.234 e. The molecule has 2 aromatic rings. The molecule has 0 aliphatic carbocycles. The van der Waals surface area contributed by atoms with Gasteiger partial charge in [-0.05, 0) is 30.6 Å². The highest BCUT2D eigenvalue weighted by Gasteiger charge is 2.09. The number of rotatable bonds is 5. The maximum atomic E-state index is 11.8. The Morgan fingerprint density at radius 2 is 2.35 bits per heavy atom. The van der Waals surface area contributed by atoms with Gasteiger partial charge in [-0.2, -0.15) is 4.37 Å². The number of nitrogen functional groups attached to an aromatic ring is 1. The van der Waals surface area contributed by atoms with Gasteiger partial charge in [-0.1, -0.05) is 11.8 Å². The molecule has 0 bridgehead atoms. The van der Waals surface area contributed by atoms with Crippen molar-refractivity contribution < 1.29 is 9.53 Å². The van der Waals surface area contributed by atoms with Crippen LogP contribution in [0.1, 0.15) is 5.82 Å². The lowest BCUT2D eigenvalue weighted by Gasteiger charge is -2.09. The van der Waals surface area contributed by atoms with Crippen LogP contribution < -0.4 is 15.8 Å². The molecule has 0 atom stereocenters. The highest BCUT2D eigenvalue weighted by Crippen LogP contribution is 2.25. The molecule has 1 heterocycles. The molecule has 0 spiro atoms. The monoisotopic (exact) mass is 310 g/mol. The minimum atomic E-state index is -0.139. The van der Waals surface area contributed by atoms with Crippen LogP contribution in [0.4, 0.5) is 11.4 Å². The minimum Gasteiger partial charge on any atom is -0.497 e. The third-order valence-corrected chi connectivity index (χ3v) is 4.29. The second-order valence-corrected chi connectivity index (χ2v) is 5.87. The molecule has 0 saturated heterocycles. The summed E-state index contributed by atoms with van der Waals surface area (Å²) in [4.78, 5) is 16.0. The molecule has 0 aliphatic rings. The van der Waals surface area contributed by atoms with E-state index in [2.05, 4.69) is 14.7 Å².